The lowest BCUT2D eigenvalue weighted by Gasteiger charge is -2.40. The van der Waals surface area contributed by atoms with Crippen LogP contribution < -0.4 is 0 Å². The Balaban J connectivity index is 2.05. The molecule has 1 atom stereocenters. The van der Waals surface area contributed by atoms with Crippen molar-refractivity contribution in [2.75, 3.05) is 5.75 Å². The van der Waals surface area contributed by atoms with Gasteiger partial charge in [0.05, 0.1) is 11.8 Å². The molecule has 0 aromatic carbocycles. The molecule has 0 spiro atoms. The Morgan fingerprint density at radius 3 is 3.15 bits per heavy atom. The molecule has 0 aliphatic carbocycles. The number of β-lactam (4-membered cyclic amide) rings is 1. The van der Waals surface area contributed by atoms with Crippen LogP contribution in [0.25, 0.3) is 0 Å². The number of carbonyl (C=O) groups excluding carboxylic acids is 2. The zero-order valence-corrected chi connectivity index (χ0v) is 8.78. The highest BCUT2D eigenvalue weighted by atomic mass is 32.2. The molecular formula is C8H9NO2S2. The molecule has 0 bridgehead atoms. The standard InChI is InChI=1S/C8H9NO2S2/c1-5(10)13-6-3-9-7(11)2-8(9)12-4-6/h3,8H,2,4H2,1H3/t8-/m1/s1. The summed E-state index contributed by atoms with van der Waals surface area (Å²) in [7, 11) is 0. The van der Waals surface area contributed by atoms with Crippen LogP contribution in [-0.2, 0) is 9.59 Å². The van der Waals surface area contributed by atoms with Crippen molar-refractivity contribution in [3.8, 4) is 0 Å². The third-order valence-electron chi connectivity index (χ3n) is 1.92. The number of amides is 1. The maximum absolute atomic E-state index is 11.1. The third kappa shape index (κ3) is 1.76. The van der Waals surface area contributed by atoms with E-state index in [9.17, 15) is 9.59 Å². The predicted octanol–water partition coefficient (Wildman–Crippen LogP) is 1.41. The Morgan fingerprint density at radius 2 is 2.54 bits per heavy atom. The minimum atomic E-state index is 0.0817. The smallest absolute Gasteiger partial charge is 0.230 e. The molecule has 5 heteroatoms. The summed E-state index contributed by atoms with van der Waals surface area (Å²) in [6.45, 7) is 1.54. The van der Waals surface area contributed by atoms with Gasteiger partial charge in [-0.25, -0.2) is 0 Å². The fraction of sp³-hybridized carbons (Fsp3) is 0.500. The van der Waals surface area contributed by atoms with Gasteiger partial charge in [-0.2, -0.15) is 0 Å². The van der Waals surface area contributed by atoms with Crippen molar-refractivity contribution in [3.05, 3.63) is 11.1 Å². The largest absolute Gasteiger partial charge is 0.305 e. The highest BCUT2D eigenvalue weighted by Gasteiger charge is 2.37. The van der Waals surface area contributed by atoms with Crippen LogP contribution in [0.3, 0.4) is 0 Å². The zero-order chi connectivity index (χ0) is 9.42. The normalized spacial score (nSPS) is 26.2. The Morgan fingerprint density at radius 1 is 1.77 bits per heavy atom. The Labute approximate surface area is 84.9 Å². The molecule has 2 heterocycles. The molecule has 2 rings (SSSR count). The molecule has 2 aliphatic rings. The molecule has 0 aromatic rings. The van der Waals surface area contributed by atoms with Gasteiger partial charge in [0, 0.05) is 23.8 Å². The fourth-order valence-corrected chi connectivity index (χ4v) is 3.31. The quantitative estimate of drug-likeness (QED) is 0.620. The van der Waals surface area contributed by atoms with E-state index in [4.69, 9.17) is 0 Å². The first-order valence-corrected chi connectivity index (χ1v) is 5.85. The number of hydrogen-bond acceptors (Lipinski definition) is 4. The molecule has 0 N–H and O–H groups in total. The first-order chi connectivity index (χ1) is 6.16. The second-order valence-corrected chi connectivity index (χ2v) is 5.43. The molecule has 1 amide bonds. The first kappa shape index (κ1) is 9.15. The summed E-state index contributed by atoms with van der Waals surface area (Å²) >= 11 is 2.96. The summed E-state index contributed by atoms with van der Waals surface area (Å²) in [5.41, 5.74) is 0. The van der Waals surface area contributed by atoms with E-state index in [0.717, 1.165) is 10.7 Å². The summed E-state index contributed by atoms with van der Waals surface area (Å²) in [6.07, 6.45) is 2.47. The van der Waals surface area contributed by atoms with E-state index in [2.05, 4.69) is 0 Å². The van der Waals surface area contributed by atoms with Gasteiger partial charge >= 0.3 is 0 Å². The van der Waals surface area contributed by atoms with Crippen LogP contribution in [0.2, 0.25) is 0 Å². The van der Waals surface area contributed by atoms with Crippen LogP contribution in [0.5, 0.6) is 0 Å². The van der Waals surface area contributed by atoms with Crippen molar-refractivity contribution >= 4 is 34.5 Å². The number of thioether (sulfide) groups is 2. The van der Waals surface area contributed by atoms with Crippen LogP contribution >= 0.6 is 23.5 Å². The molecule has 70 valence electrons. The van der Waals surface area contributed by atoms with E-state index in [1.807, 2.05) is 6.20 Å². The van der Waals surface area contributed by atoms with Crippen LogP contribution in [0, 0.1) is 0 Å². The van der Waals surface area contributed by atoms with Gasteiger partial charge in [0.2, 0.25) is 5.91 Å². The van der Waals surface area contributed by atoms with E-state index in [1.54, 1.807) is 23.6 Å². The van der Waals surface area contributed by atoms with E-state index in [1.165, 1.54) is 11.8 Å². The van der Waals surface area contributed by atoms with Gasteiger partial charge in [-0.3, -0.25) is 9.59 Å². The van der Waals surface area contributed by atoms with Gasteiger partial charge in [-0.1, -0.05) is 11.8 Å². The van der Waals surface area contributed by atoms with Gasteiger partial charge in [-0.05, 0) is 0 Å². The Hall–Kier alpha value is -0.420. The van der Waals surface area contributed by atoms with Gasteiger partial charge in [-0.15, -0.1) is 11.8 Å². The van der Waals surface area contributed by atoms with Crippen LogP contribution in [0.15, 0.2) is 11.1 Å². The molecule has 0 aromatic heterocycles. The average molecular weight is 215 g/mol. The molecule has 1 saturated heterocycles. The maximum Gasteiger partial charge on any atom is 0.230 e. The predicted molar refractivity (Wildman–Crippen MR) is 54.1 cm³/mol. The average Bonchev–Trinajstić information content (AvgIpc) is 2.05. The van der Waals surface area contributed by atoms with Gasteiger partial charge < -0.3 is 4.90 Å². The number of fused-ring (bicyclic) bond motifs is 1. The summed E-state index contributed by atoms with van der Waals surface area (Å²) < 4.78 is 0. The van der Waals surface area contributed by atoms with Crippen molar-refractivity contribution < 1.29 is 9.59 Å². The summed E-state index contributed by atoms with van der Waals surface area (Å²) in [5.74, 6) is 1.03. The molecule has 0 unspecified atom stereocenters. The Kier molecular flexibility index (Phi) is 2.38. The molecule has 3 nitrogen and oxygen atoms in total. The van der Waals surface area contributed by atoms with Gasteiger partial charge in [0.15, 0.2) is 5.12 Å². The van der Waals surface area contributed by atoms with Gasteiger partial charge in [0.1, 0.15) is 0 Å². The minimum absolute atomic E-state index is 0.0817. The minimum Gasteiger partial charge on any atom is -0.305 e. The molecular weight excluding hydrogens is 206 g/mol. The highest BCUT2D eigenvalue weighted by Crippen LogP contribution is 2.38. The highest BCUT2D eigenvalue weighted by molar-refractivity contribution is 8.17. The van der Waals surface area contributed by atoms with Crippen molar-refractivity contribution in [1.29, 1.82) is 0 Å². The van der Waals surface area contributed by atoms with E-state index >= 15 is 0 Å². The zero-order valence-electron chi connectivity index (χ0n) is 7.15. The number of carbonyl (C=O) groups is 2. The van der Waals surface area contributed by atoms with E-state index in [0.29, 0.717) is 11.8 Å². The summed E-state index contributed by atoms with van der Waals surface area (Å²) in [4.78, 5) is 24.6. The van der Waals surface area contributed by atoms with Crippen molar-refractivity contribution in [2.45, 2.75) is 18.7 Å². The topological polar surface area (TPSA) is 37.4 Å². The van der Waals surface area contributed by atoms with E-state index < -0.39 is 0 Å². The number of hydrogen-bond donors (Lipinski definition) is 0. The number of nitrogens with zero attached hydrogens (tertiary/aromatic N) is 1. The lowest BCUT2D eigenvalue weighted by Crippen LogP contribution is -2.48. The lowest BCUT2D eigenvalue weighted by atomic mass is 10.2. The third-order valence-corrected chi connectivity index (χ3v) is 4.16. The van der Waals surface area contributed by atoms with Crippen LogP contribution in [0.1, 0.15) is 13.3 Å². The molecule has 2 aliphatic heterocycles. The maximum atomic E-state index is 11.1. The molecule has 1 fully saturated rings. The summed E-state index contributed by atoms with van der Waals surface area (Å²) in [6, 6.07) is 0. The monoisotopic (exact) mass is 215 g/mol. The molecule has 0 radical (unpaired) electrons. The lowest BCUT2D eigenvalue weighted by molar-refractivity contribution is -0.137. The molecule has 0 saturated carbocycles. The van der Waals surface area contributed by atoms with Gasteiger partial charge in [0.25, 0.3) is 0 Å². The van der Waals surface area contributed by atoms with Crippen molar-refractivity contribution in [3.63, 3.8) is 0 Å². The number of rotatable bonds is 1. The first-order valence-electron chi connectivity index (χ1n) is 3.98. The van der Waals surface area contributed by atoms with Crippen molar-refractivity contribution in [2.24, 2.45) is 0 Å². The fourth-order valence-electron chi connectivity index (χ4n) is 1.31. The van der Waals surface area contributed by atoms with Crippen LogP contribution in [0.4, 0.5) is 0 Å². The second kappa shape index (κ2) is 3.38. The summed E-state index contributed by atoms with van der Waals surface area (Å²) in [5, 5.41) is 0.419. The second-order valence-electron chi connectivity index (χ2n) is 2.96. The Bertz CT molecular complexity index is 301. The van der Waals surface area contributed by atoms with Crippen LogP contribution in [-0.4, -0.2) is 27.0 Å². The van der Waals surface area contributed by atoms with Crippen molar-refractivity contribution in [1.82, 2.24) is 4.90 Å². The SMILES string of the molecule is CC(=O)SC1=CN2C(=O)C[C@H]2SC1. The van der Waals surface area contributed by atoms with E-state index in [-0.39, 0.29) is 11.0 Å². The molecule has 13 heavy (non-hydrogen) atoms.